The third kappa shape index (κ3) is 2.84. The first-order valence-electron chi connectivity index (χ1n) is 7.15. The van der Waals surface area contributed by atoms with Crippen molar-refractivity contribution in [3.8, 4) is 0 Å². The Hall–Kier alpha value is -1.73. The monoisotopic (exact) mass is 291 g/mol. The zero-order valence-corrected chi connectivity index (χ0v) is 12.9. The van der Waals surface area contributed by atoms with E-state index in [1.54, 1.807) is 17.9 Å². The lowest BCUT2D eigenvalue weighted by atomic mass is 10.1. The number of nitrogens with one attached hydrogen (secondary N) is 1. The number of nitrogens with zero attached hydrogens (tertiary/aromatic N) is 4. The average molecular weight is 291 g/mol. The van der Waals surface area contributed by atoms with Crippen LogP contribution in [0.25, 0.3) is 11.0 Å². The van der Waals surface area contributed by atoms with Crippen LogP contribution in [0.2, 0.25) is 0 Å². The van der Waals surface area contributed by atoms with Crippen molar-refractivity contribution in [1.82, 2.24) is 24.6 Å². The minimum absolute atomic E-state index is 0.135. The molecule has 2 aromatic heterocycles. The molecule has 0 amide bonds. The summed E-state index contributed by atoms with van der Waals surface area (Å²) >= 11 is 0. The van der Waals surface area contributed by atoms with Gasteiger partial charge in [0.25, 0.3) is 5.56 Å². The predicted octanol–water partition coefficient (Wildman–Crippen LogP) is 0.656. The number of aryl methyl sites for hydroxylation is 1. The molecule has 0 radical (unpaired) electrons. The summed E-state index contributed by atoms with van der Waals surface area (Å²) in [7, 11) is 1.79. The number of ether oxygens (including phenoxy) is 1. The molecule has 0 aliphatic carbocycles. The van der Waals surface area contributed by atoms with Crippen molar-refractivity contribution < 1.29 is 4.74 Å². The fourth-order valence-electron chi connectivity index (χ4n) is 3.07. The maximum Gasteiger partial charge on any atom is 0.262 e. The average Bonchev–Trinajstić information content (AvgIpc) is 2.69. The minimum atomic E-state index is -0.186. The fraction of sp³-hybridized carbons (Fsp3) is 0.643. The molecule has 3 rings (SSSR count). The van der Waals surface area contributed by atoms with E-state index in [1.165, 1.54) is 0 Å². The Morgan fingerprint density at radius 2 is 2.29 bits per heavy atom. The highest BCUT2D eigenvalue weighted by Gasteiger charge is 2.31. The predicted molar refractivity (Wildman–Crippen MR) is 79.0 cm³/mol. The van der Waals surface area contributed by atoms with E-state index in [0.717, 1.165) is 13.1 Å². The molecule has 21 heavy (non-hydrogen) atoms. The van der Waals surface area contributed by atoms with Crippen LogP contribution in [-0.2, 0) is 18.3 Å². The Labute approximate surface area is 122 Å². The van der Waals surface area contributed by atoms with Crippen LogP contribution in [0.15, 0.2) is 11.0 Å². The van der Waals surface area contributed by atoms with Gasteiger partial charge in [0.2, 0.25) is 0 Å². The quantitative estimate of drug-likeness (QED) is 0.879. The summed E-state index contributed by atoms with van der Waals surface area (Å²) < 4.78 is 7.52. The first kappa shape index (κ1) is 14.2. The van der Waals surface area contributed by atoms with E-state index < -0.39 is 0 Å². The summed E-state index contributed by atoms with van der Waals surface area (Å²) in [6.45, 7) is 8.47. The van der Waals surface area contributed by atoms with Gasteiger partial charge in [0.05, 0.1) is 24.4 Å². The first-order valence-corrected chi connectivity index (χ1v) is 7.15. The SMILES string of the molecule is CC1CN(Cc2nc3c(cnn3C)c(=O)[nH]2)CC(C)(C)O1. The van der Waals surface area contributed by atoms with Crippen LogP contribution < -0.4 is 5.56 Å². The topological polar surface area (TPSA) is 76.0 Å². The highest BCUT2D eigenvalue weighted by molar-refractivity contribution is 5.72. The molecule has 0 bridgehead atoms. The minimum Gasteiger partial charge on any atom is -0.370 e. The zero-order chi connectivity index (χ0) is 15.2. The number of H-pyrrole nitrogens is 1. The molecule has 0 saturated carbocycles. The summed E-state index contributed by atoms with van der Waals surface area (Å²) in [5.74, 6) is 0.668. The molecule has 114 valence electrons. The second-order valence-electron chi connectivity index (χ2n) is 6.38. The van der Waals surface area contributed by atoms with Crippen LogP contribution in [-0.4, -0.2) is 49.4 Å². The fourth-order valence-corrected chi connectivity index (χ4v) is 3.07. The van der Waals surface area contributed by atoms with Crippen LogP contribution >= 0.6 is 0 Å². The van der Waals surface area contributed by atoms with Crippen LogP contribution in [0.3, 0.4) is 0 Å². The number of rotatable bonds is 2. The molecule has 7 nitrogen and oxygen atoms in total. The van der Waals surface area contributed by atoms with Crippen LogP contribution in [0.1, 0.15) is 26.6 Å². The van der Waals surface area contributed by atoms with Gasteiger partial charge in [0.1, 0.15) is 11.2 Å². The highest BCUT2D eigenvalue weighted by Crippen LogP contribution is 2.21. The highest BCUT2D eigenvalue weighted by atomic mass is 16.5. The Kier molecular flexibility index (Phi) is 3.33. The van der Waals surface area contributed by atoms with Gasteiger partial charge in [-0.15, -0.1) is 0 Å². The van der Waals surface area contributed by atoms with Gasteiger partial charge in [-0.2, -0.15) is 5.10 Å². The number of aromatic nitrogens is 4. The Balaban J connectivity index is 1.88. The lowest BCUT2D eigenvalue weighted by Crippen LogP contribution is -2.51. The van der Waals surface area contributed by atoms with Gasteiger partial charge < -0.3 is 9.72 Å². The molecule has 1 unspecified atom stereocenters. The summed E-state index contributed by atoms with van der Waals surface area (Å²) in [6, 6.07) is 0. The van der Waals surface area contributed by atoms with Crippen molar-refractivity contribution in [2.24, 2.45) is 7.05 Å². The van der Waals surface area contributed by atoms with Crippen molar-refractivity contribution in [3.63, 3.8) is 0 Å². The van der Waals surface area contributed by atoms with Crippen molar-refractivity contribution >= 4 is 11.0 Å². The summed E-state index contributed by atoms with van der Waals surface area (Å²) in [5, 5.41) is 4.61. The van der Waals surface area contributed by atoms with Gasteiger partial charge in [0, 0.05) is 20.1 Å². The van der Waals surface area contributed by atoms with Crippen LogP contribution in [0.5, 0.6) is 0 Å². The Morgan fingerprint density at radius 1 is 1.52 bits per heavy atom. The van der Waals surface area contributed by atoms with E-state index >= 15 is 0 Å². The van der Waals surface area contributed by atoms with E-state index in [9.17, 15) is 4.79 Å². The number of hydrogen-bond acceptors (Lipinski definition) is 5. The summed E-state index contributed by atoms with van der Waals surface area (Å²) in [5.41, 5.74) is 0.298. The lowest BCUT2D eigenvalue weighted by molar-refractivity contribution is -0.131. The maximum atomic E-state index is 12.1. The third-order valence-corrected chi connectivity index (χ3v) is 3.66. The van der Waals surface area contributed by atoms with Gasteiger partial charge >= 0.3 is 0 Å². The van der Waals surface area contributed by atoms with Gasteiger partial charge in [-0.1, -0.05) is 0 Å². The molecule has 1 saturated heterocycles. The van der Waals surface area contributed by atoms with Crippen molar-refractivity contribution in [2.75, 3.05) is 13.1 Å². The summed E-state index contributed by atoms with van der Waals surface area (Å²) in [4.78, 5) is 21.7. The largest absolute Gasteiger partial charge is 0.370 e. The van der Waals surface area contributed by atoms with E-state index in [0.29, 0.717) is 23.4 Å². The Morgan fingerprint density at radius 3 is 3.00 bits per heavy atom. The van der Waals surface area contributed by atoms with Crippen LogP contribution in [0, 0.1) is 0 Å². The molecule has 0 aromatic carbocycles. The second-order valence-corrected chi connectivity index (χ2v) is 6.38. The molecular formula is C14H21N5O2. The smallest absolute Gasteiger partial charge is 0.262 e. The normalized spacial score (nSPS) is 22.8. The Bertz CT molecular complexity index is 718. The molecule has 1 aliphatic heterocycles. The van der Waals surface area contributed by atoms with Gasteiger partial charge in [-0.25, -0.2) is 4.98 Å². The zero-order valence-electron chi connectivity index (χ0n) is 12.9. The molecule has 1 aliphatic rings. The van der Waals surface area contributed by atoms with E-state index in [4.69, 9.17) is 4.74 Å². The molecule has 3 heterocycles. The maximum absolute atomic E-state index is 12.1. The first-order chi connectivity index (χ1) is 9.84. The molecule has 0 spiro atoms. The van der Waals surface area contributed by atoms with E-state index in [1.807, 2.05) is 0 Å². The van der Waals surface area contributed by atoms with Gasteiger partial charge in [-0.05, 0) is 20.8 Å². The molecule has 1 fully saturated rings. The standard InChI is InChI=1S/C14H21N5O2/c1-9-6-19(8-14(2,3)21-9)7-11-16-12-10(13(20)17-11)5-15-18(12)4/h5,9H,6-8H2,1-4H3,(H,16,17,20). The van der Waals surface area contributed by atoms with Crippen molar-refractivity contribution in [2.45, 2.75) is 39.0 Å². The summed E-state index contributed by atoms with van der Waals surface area (Å²) in [6.07, 6.45) is 1.71. The molecule has 2 aromatic rings. The van der Waals surface area contributed by atoms with Crippen LogP contribution in [0.4, 0.5) is 0 Å². The van der Waals surface area contributed by atoms with Gasteiger partial charge in [0.15, 0.2) is 5.65 Å². The van der Waals surface area contributed by atoms with Gasteiger partial charge in [-0.3, -0.25) is 14.4 Å². The van der Waals surface area contributed by atoms with E-state index in [2.05, 4.69) is 40.7 Å². The molecule has 7 heteroatoms. The lowest BCUT2D eigenvalue weighted by Gasteiger charge is -2.41. The third-order valence-electron chi connectivity index (χ3n) is 3.66. The molecule has 1 N–H and O–H groups in total. The number of aromatic amines is 1. The second kappa shape index (κ2) is 4.92. The number of morpholine rings is 1. The number of fused-ring (bicyclic) bond motifs is 1. The molecule has 1 atom stereocenters. The van der Waals surface area contributed by atoms with Crippen molar-refractivity contribution in [1.29, 1.82) is 0 Å². The molecular weight excluding hydrogens is 270 g/mol. The van der Waals surface area contributed by atoms with Crippen molar-refractivity contribution in [3.05, 3.63) is 22.4 Å². The number of hydrogen-bond donors (Lipinski definition) is 1. The van der Waals surface area contributed by atoms with E-state index in [-0.39, 0.29) is 17.3 Å².